The molecule has 0 aliphatic heterocycles. The highest BCUT2D eigenvalue weighted by Crippen LogP contribution is 2.29. The van der Waals surface area contributed by atoms with Crippen LogP contribution in [0.5, 0.6) is 5.75 Å². The number of hydrogen-bond donors (Lipinski definition) is 1. The van der Waals surface area contributed by atoms with Crippen LogP contribution < -0.4 is 0 Å². The topological polar surface area (TPSA) is 40.5 Å². The van der Waals surface area contributed by atoms with E-state index in [9.17, 15) is 9.90 Å². The molecule has 1 N–H and O–H groups in total. The normalized spacial score (nSPS) is 15.1. The third-order valence-electron chi connectivity index (χ3n) is 3.50. The number of carbonyl (C=O) groups is 1. The predicted molar refractivity (Wildman–Crippen MR) is 82.9 cm³/mol. The molecular weight excluding hydrogens is 374 g/mol. The summed E-state index contributed by atoms with van der Waals surface area (Å²) in [6, 6.07) is 5.32. The van der Waals surface area contributed by atoms with Crippen molar-refractivity contribution in [1.29, 1.82) is 0 Å². The second-order valence-electron chi connectivity index (χ2n) is 4.79. The van der Waals surface area contributed by atoms with Crippen molar-refractivity contribution in [3.8, 4) is 5.75 Å². The third-order valence-corrected chi connectivity index (χ3v) is 4.55. The maximum absolute atomic E-state index is 12.6. The smallest absolute Gasteiger partial charge is 0.257 e. The molecule has 0 unspecified atom stereocenters. The maximum Gasteiger partial charge on any atom is 0.257 e. The summed E-state index contributed by atoms with van der Waals surface area (Å²) >= 11 is 6.75. The molecule has 3 nitrogen and oxygen atoms in total. The van der Waals surface area contributed by atoms with E-state index < -0.39 is 0 Å². The van der Waals surface area contributed by atoms with E-state index in [4.69, 9.17) is 0 Å². The van der Waals surface area contributed by atoms with Gasteiger partial charge in [-0.05, 0) is 43.9 Å². The Hall–Kier alpha value is -0.550. The molecule has 1 aliphatic carbocycles. The first-order valence-electron chi connectivity index (χ1n) is 6.49. The monoisotopic (exact) mass is 389 g/mol. The number of alkyl halides is 1. The van der Waals surface area contributed by atoms with Gasteiger partial charge in [-0.15, -0.1) is 0 Å². The van der Waals surface area contributed by atoms with E-state index in [0.29, 0.717) is 11.6 Å². The Balaban J connectivity index is 2.19. The number of phenolic OH excluding ortho intramolecular Hbond substituents is 1. The molecule has 1 aromatic rings. The van der Waals surface area contributed by atoms with E-state index >= 15 is 0 Å². The van der Waals surface area contributed by atoms with Gasteiger partial charge in [0.05, 0.1) is 5.56 Å². The number of carbonyl (C=O) groups excluding carboxylic acids is 1. The fraction of sp³-hybridized carbons (Fsp3) is 0.500. The van der Waals surface area contributed by atoms with Crippen molar-refractivity contribution in [3.63, 3.8) is 0 Å². The van der Waals surface area contributed by atoms with E-state index in [2.05, 4.69) is 31.9 Å². The zero-order chi connectivity index (χ0) is 13.8. The van der Waals surface area contributed by atoms with E-state index in [-0.39, 0.29) is 11.7 Å². The predicted octanol–water partition coefficient (Wildman–Crippen LogP) is 3.93. The van der Waals surface area contributed by atoms with Crippen LogP contribution in [0, 0.1) is 0 Å². The van der Waals surface area contributed by atoms with Gasteiger partial charge in [0.1, 0.15) is 5.75 Å². The Kier molecular flexibility index (Phi) is 5.28. The summed E-state index contributed by atoms with van der Waals surface area (Å²) in [6.45, 7) is 0.737. The molecule has 104 valence electrons. The van der Waals surface area contributed by atoms with Gasteiger partial charge < -0.3 is 10.0 Å². The van der Waals surface area contributed by atoms with Gasteiger partial charge in [0.25, 0.3) is 5.91 Å². The summed E-state index contributed by atoms with van der Waals surface area (Å²) < 4.78 is 0.808. The Labute approximate surface area is 130 Å². The first-order valence-corrected chi connectivity index (χ1v) is 8.40. The molecule has 0 aromatic heterocycles. The van der Waals surface area contributed by atoms with Crippen molar-refractivity contribution < 1.29 is 9.90 Å². The molecule has 1 amide bonds. The van der Waals surface area contributed by atoms with Crippen LogP contribution in [0.4, 0.5) is 0 Å². The van der Waals surface area contributed by atoms with Gasteiger partial charge >= 0.3 is 0 Å². The molecule has 0 radical (unpaired) electrons. The molecule has 2 rings (SSSR count). The zero-order valence-electron chi connectivity index (χ0n) is 10.6. The molecule has 0 heterocycles. The van der Waals surface area contributed by atoms with Crippen LogP contribution in [0.2, 0.25) is 0 Å². The van der Waals surface area contributed by atoms with Crippen LogP contribution >= 0.6 is 31.9 Å². The Morgan fingerprint density at radius 1 is 1.42 bits per heavy atom. The summed E-state index contributed by atoms with van der Waals surface area (Å²) in [5, 5.41) is 10.8. The highest BCUT2D eigenvalue weighted by atomic mass is 79.9. The number of rotatable bonds is 5. The average molecular weight is 391 g/mol. The lowest BCUT2D eigenvalue weighted by atomic mass is 9.90. The first-order chi connectivity index (χ1) is 9.13. The first kappa shape index (κ1) is 14.9. The van der Waals surface area contributed by atoms with Gasteiger partial charge in [-0.25, -0.2) is 0 Å². The lowest BCUT2D eigenvalue weighted by Gasteiger charge is -2.37. The minimum absolute atomic E-state index is 0.0522. The average Bonchev–Trinajstić information content (AvgIpc) is 2.34. The fourth-order valence-electron chi connectivity index (χ4n) is 2.21. The van der Waals surface area contributed by atoms with E-state index in [1.54, 1.807) is 18.2 Å². The molecule has 1 saturated carbocycles. The van der Waals surface area contributed by atoms with Crippen molar-refractivity contribution in [1.82, 2.24) is 4.90 Å². The minimum atomic E-state index is -0.0653. The number of hydrogen-bond acceptors (Lipinski definition) is 2. The van der Waals surface area contributed by atoms with Gasteiger partial charge in [0.2, 0.25) is 0 Å². The van der Waals surface area contributed by atoms with Gasteiger partial charge in [0.15, 0.2) is 0 Å². The van der Waals surface area contributed by atoms with Crippen molar-refractivity contribution in [2.24, 2.45) is 0 Å². The summed E-state index contributed by atoms with van der Waals surface area (Å²) in [5.74, 6) is -0.0131. The molecule has 0 bridgehead atoms. The fourth-order valence-corrected chi connectivity index (χ4v) is 2.82. The van der Waals surface area contributed by atoms with Gasteiger partial charge in [-0.2, -0.15) is 0 Å². The van der Waals surface area contributed by atoms with Crippen LogP contribution in [0.1, 0.15) is 36.0 Å². The number of nitrogens with zero attached hydrogens (tertiary/aromatic N) is 1. The highest BCUT2D eigenvalue weighted by molar-refractivity contribution is 9.10. The molecule has 19 heavy (non-hydrogen) atoms. The van der Waals surface area contributed by atoms with Gasteiger partial charge in [-0.3, -0.25) is 4.79 Å². The van der Waals surface area contributed by atoms with Crippen molar-refractivity contribution in [2.75, 3.05) is 11.9 Å². The molecule has 1 fully saturated rings. The van der Waals surface area contributed by atoms with Crippen LogP contribution in [-0.4, -0.2) is 33.8 Å². The number of benzene rings is 1. The summed E-state index contributed by atoms with van der Waals surface area (Å²) in [6.07, 6.45) is 4.26. The quantitative estimate of drug-likeness (QED) is 0.773. The SMILES string of the molecule is O=C(c1cc(Br)ccc1O)N(CCCBr)C1CCC1. The standard InChI is InChI=1S/C14H17Br2NO2/c15-7-2-8-17(11-3-1-4-11)14(19)12-9-10(16)5-6-13(12)18/h5-6,9,11,18H,1-4,7-8H2. The van der Waals surface area contributed by atoms with E-state index in [0.717, 1.165) is 35.6 Å². The van der Waals surface area contributed by atoms with Crippen LogP contribution in [0.3, 0.4) is 0 Å². The van der Waals surface area contributed by atoms with Crippen molar-refractivity contribution in [3.05, 3.63) is 28.2 Å². The maximum atomic E-state index is 12.6. The highest BCUT2D eigenvalue weighted by Gasteiger charge is 2.30. The van der Waals surface area contributed by atoms with Crippen LogP contribution in [0.25, 0.3) is 0 Å². The number of amides is 1. The second kappa shape index (κ2) is 6.75. The summed E-state index contributed by atoms with van der Waals surface area (Å²) in [4.78, 5) is 14.5. The number of phenols is 1. The molecular formula is C14H17Br2NO2. The lowest BCUT2D eigenvalue weighted by Crippen LogP contribution is -2.44. The van der Waals surface area contributed by atoms with Crippen LogP contribution in [-0.2, 0) is 0 Å². The molecule has 1 aliphatic rings. The molecule has 0 saturated heterocycles. The molecule has 0 spiro atoms. The summed E-state index contributed by atoms with van der Waals surface area (Å²) in [7, 11) is 0. The lowest BCUT2D eigenvalue weighted by molar-refractivity contribution is 0.0578. The summed E-state index contributed by atoms with van der Waals surface area (Å²) in [5.41, 5.74) is 0.385. The van der Waals surface area contributed by atoms with E-state index in [1.807, 2.05) is 4.90 Å². The molecule has 5 heteroatoms. The Morgan fingerprint density at radius 3 is 2.74 bits per heavy atom. The van der Waals surface area contributed by atoms with Gasteiger partial charge in [0, 0.05) is 22.4 Å². The van der Waals surface area contributed by atoms with Crippen molar-refractivity contribution >= 4 is 37.8 Å². The Bertz CT molecular complexity index is 461. The second-order valence-corrected chi connectivity index (χ2v) is 6.50. The van der Waals surface area contributed by atoms with E-state index in [1.165, 1.54) is 6.42 Å². The number of halogens is 2. The van der Waals surface area contributed by atoms with Crippen LogP contribution in [0.15, 0.2) is 22.7 Å². The largest absolute Gasteiger partial charge is 0.507 e. The van der Waals surface area contributed by atoms with Gasteiger partial charge in [-0.1, -0.05) is 31.9 Å². The number of aromatic hydroxyl groups is 1. The minimum Gasteiger partial charge on any atom is -0.507 e. The molecule has 0 atom stereocenters. The Morgan fingerprint density at radius 2 is 2.16 bits per heavy atom. The van der Waals surface area contributed by atoms with Crippen molar-refractivity contribution in [2.45, 2.75) is 31.7 Å². The zero-order valence-corrected chi connectivity index (χ0v) is 13.8. The molecule has 1 aromatic carbocycles. The third kappa shape index (κ3) is 3.51.